The minimum Gasteiger partial charge on any atom is -0.432 e. The van der Waals surface area contributed by atoms with Crippen molar-refractivity contribution in [2.45, 2.75) is 304 Å². The van der Waals surface area contributed by atoms with Gasteiger partial charge in [-0.05, 0) is 117 Å². The first-order valence-electron chi connectivity index (χ1n) is 34.1. The lowest BCUT2D eigenvalue weighted by atomic mass is 9.33. The molecule has 11 aliphatic rings. The zero-order chi connectivity index (χ0) is 70.0. The van der Waals surface area contributed by atoms with Crippen molar-refractivity contribution in [3.63, 3.8) is 0 Å². The highest BCUT2D eigenvalue weighted by Gasteiger charge is 2.71. The number of ether oxygens (including phenoxy) is 12. The second kappa shape index (κ2) is 28.3. The van der Waals surface area contributed by atoms with Gasteiger partial charge in [-0.25, -0.2) is 0 Å². The van der Waals surface area contributed by atoms with E-state index < -0.39 is 238 Å². The number of allylic oxidation sites excluding steroid dienone is 2. The van der Waals surface area contributed by atoms with Gasteiger partial charge < -0.3 is 149 Å². The van der Waals surface area contributed by atoms with Crippen LogP contribution in [-0.4, -0.2) is 315 Å². The van der Waals surface area contributed by atoms with Gasteiger partial charge in [0.1, 0.15) is 128 Å². The first-order chi connectivity index (χ1) is 45.1. The topological polar surface area (TPSA) is 492 Å². The molecule has 0 aromatic heterocycles. The predicted octanol–water partition coefficient (Wildman–Crippen LogP) is -4.72. The molecule has 10 fully saturated rings. The van der Waals surface area contributed by atoms with Crippen LogP contribution >= 0.6 is 0 Å². The molecule has 4 saturated carbocycles. The zero-order valence-corrected chi connectivity index (χ0v) is 55.6. The molecule has 11 rings (SSSR count). The minimum atomic E-state index is -1.93. The summed E-state index contributed by atoms with van der Waals surface area (Å²) in [4.78, 5) is 15.3. The van der Waals surface area contributed by atoms with Crippen molar-refractivity contribution in [3.05, 3.63) is 11.6 Å². The van der Waals surface area contributed by atoms with Crippen molar-refractivity contribution in [2.75, 3.05) is 33.0 Å². The number of esters is 1. The van der Waals surface area contributed by atoms with Crippen molar-refractivity contribution < 1.29 is 154 Å². The molecule has 0 radical (unpaired) electrons. The number of aliphatic hydroxyl groups excluding tert-OH is 18. The molecule has 552 valence electrons. The Morgan fingerprint density at radius 1 is 0.500 bits per heavy atom. The Hall–Kier alpha value is -1.95. The van der Waals surface area contributed by atoms with E-state index in [-0.39, 0.29) is 35.2 Å². The zero-order valence-electron chi connectivity index (χ0n) is 55.6. The van der Waals surface area contributed by atoms with Crippen LogP contribution in [0, 0.1) is 50.2 Å². The molecule has 18 N–H and O–H groups in total. The van der Waals surface area contributed by atoms with Crippen LogP contribution in [0.4, 0.5) is 0 Å². The van der Waals surface area contributed by atoms with Crippen LogP contribution < -0.4 is 0 Å². The number of hydrogen-bond donors (Lipinski definition) is 18. The van der Waals surface area contributed by atoms with E-state index in [2.05, 4.69) is 40.7 Å². The van der Waals surface area contributed by atoms with Crippen molar-refractivity contribution in [1.29, 1.82) is 0 Å². The summed E-state index contributed by atoms with van der Waals surface area (Å²) < 4.78 is 71.8. The van der Waals surface area contributed by atoms with Gasteiger partial charge in [0.25, 0.3) is 0 Å². The van der Waals surface area contributed by atoms with Gasteiger partial charge in [-0.1, -0.05) is 53.2 Å². The fourth-order valence-electron chi connectivity index (χ4n) is 19.0. The van der Waals surface area contributed by atoms with Gasteiger partial charge in [0.05, 0.1) is 56.8 Å². The number of carbonyl (C=O) groups excluding carboxylic acids is 1. The third-order valence-electron chi connectivity index (χ3n) is 25.3. The summed E-state index contributed by atoms with van der Waals surface area (Å²) in [6, 6.07) is 0. The molecule has 0 aromatic carbocycles. The molecular weight excluding hydrogens is 1280 g/mol. The normalized spacial score (nSPS) is 55.1. The molecule has 0 amide bonds. The van der Waals surface area contributed by atoms with E-state index in [1.807, 2.05) is 6.92 Å². The monoisotopic (exact) mass is 1380 g/mol. The average Bonchev–Trinajstić information content (AvgIpc) is 0.675. The second-order valence-corrected chi connectivity index (χ2v) is 31.3. The molecule has 31 nitrogen and oxygen atoms in total. The third-order valence-corrected chi connectivity index (χ3v) is 25.3. The molecule has 0 spiro atoms. The molecule has 0 bridgehead atoms. The fourth-order valence-corrected chi connectivity index (χ4v) is 19.0. The molecule has 6 saturated heterocycles. The Kier molecular flexibility index (Phi) is 22.1. The predicted molar refractivity (Wildman–Crippen MR) is 321 cm³/mol. The van der Waals surface area contributed by atoms with E-state index >= 15 is 4.79 Å². The number of fused-ring (bicyclic) bond motifs is 7. The summed E-state index contributed by atoms with van der Waals surface area (Å²) in [6.07, 6.45) is -40.2. The number of rotatable bonds is 16. The molecule has 38 atom stereocenters. The minimum absolute atomic E-state index is 0.0451. The second-order valence-electron chi connectivity index (χ2n) is 31.3. The van der Waals surface area contributed by atoms with Crippen molar-refractivity contribution in [1.82, 2.24) is 0 Å². The van der Waals surface area contributed by atoms with Crippen LogP contribution in [0.15, 0.2) is 11.6 Å². The Labute approximate surface area is 556 Å². The van der Waals surface area contributed by atoms with Gasteiger partial charge in [-0.15, -0.1) is 0 Å². The maximum atomic E-state index is 15.3. The van der Waals surface area contributed by atoms with Crippen LogP contribution in [0.25, 0.3) is 0 Å². The highest BCUT2D eigenvalue weighted by Crippen LogP contribution is 2.76. The highest BCUT2D eigenvalue weighted by atomic mass is 16.8. The Morgan fingerprint density at radius 2 is 1.03 bits per heavy atom. The van der Waals surface area contributed by atoms with E-state index in [0.717, 1.165) is 5.57 Å². The Morgan fingerprint density at radius 3 is 1.64 bits per heavy atom. The fraction of sp³-hybridized carbons (Fsp3) is 0.954. The SMILES string of the molecule is C[C@@H]1O[C@@H](O[C@H]2[C@H](O[C@H]3CC[C@@]4(C)[C@@H](CC[C@]5(C)[C@@H]4CC=C4[C@H]6CC(C)(C)CC[C@]6(C(=O)O[C@@H]6O[C@H](CO[C@@H]7O[C@H](CO)[C@@H](O[C@@H]8O[C@@H](C)[C@H](O)[C@@H](O)[C@H]8O)[C@H](O)[C@H]7O)[C@@H](O)[C@H](O)[C@H]6O)CC[C@]45C)[C@]3(C)CO)OC[C@H](O[C@@H]3O[C@H](CO)[C@@H](O)[C@H](O)[C@H]3O)[C@@H]2O)[C@H](O)[C@H](O)[C@H]1O. The van der Waals surface area contributed by atoms with E-state index in [1.165, 1.54) is 13.8 Å². The quantitative estimate of drug-likeness (QED) is 0.0392. The highest BCUT2D eigenvalue weighted by molar-refractivity contribution is 5.79. The molecule has 0 unspecified atom stereocenters. The molecule has 0 aromatic rings. The van der Waals surface area contributed by atoms with Gasteiger partial charge in [0, 0.05) is 5.41 Å². The first-order valence-corrected chi connectivity index (χ1v) is 34.1. The van der Waals surface area contributed by atoms with E-state index in [4.69, 9.17) is 56.8 Å². The summed E-state index contributed by atoms with van der Waals surface area (Å²) in [7, 11) is 0. The lowest BCUT2D eigenvalue weighted by Crippen LogP contribution is -2.67. The van der Waals surface area contributed by atoms with Gasteiger partial charge in [0.2, 0.25) is 6.29 Å². The summed E-state index contributed by atoms with van der Waals surface area (Å²) in [5, 5.41) is 196. The Balaban J connectivity index is 0.787. The molecule has 31 heteroatoms. The number of aliphatic hydroxyl groups is 18. The lowest BCUT2D eigenvalue weighted by Gasteiger charge is -2.71. The molecule has 96 heavy (non-hydrogen) atoms. The van der Waals surface area contributed by atoms with Crippen molar-refractivity contribution >= 4 is 5.97 Å². The smallest absolute Gasteiger partial charge is 0.315 e. The number of hydrogen-bond acceptors (Lipinski definition) is 31. The van der Waals surface area contributed by atoms with Gasteiger partial charge in [0.15, 0.2) is 31.5 Å². The maximum absolute atomic E-state index is 15.3. The van der Waals surface area contributed by atoms with Gasteiger partial charge in [-0.2, -0.15) is 0 Å². The van der Waals surface area contributed by atoms with Crippen LogP contribution in [0.1, 0.15) is 120 Å². The summed E-state index contributed by atoms with van der Waals surface area (Å²) >= 11 is 0. The van der Waals surface area contributed by atoms with Crippen LogP contribution in [-0.2, 0) is 61.6 Å². The molecule has 5 aliphatic carbocycles. The summed E-state index contributed by atoms with van der Waals surface area (Å²) in [5.41, 5.74) is -2.40. The third kappa shape index (κ3) is 12.8. The standard InChI is InChI=1S/C65H106O31/c1-25-36(69)41(74)46(79)54(87-25)94-51-30(21-67)90-53(50(83)45(51)78)85-22-31-39(72)44(77)49(82)57(91-31)96-59(84)65-17-15-60(3,4)19-28(65)27-9-10-34-61(5)13-12-35(62(6,24-68)33(61)11-14-64(34,8)63(27,7)16-18-65)93-58-52(95-55-47(80)42(75)37(70)26(2)88-55)40(73)32(23-86-58)92-56-48(81)43(76)38(71)29(20-66)89-56/h9,25-26,28-58,66-83H,10-24H2,1-8H3/t25-,26-,28+,29+,30+,31+,32-,33+,34+,35-,36-,37-,38+,39+,40-,41+,42+,43-,44-,45+,46+,47+,48+,49+,50+,51+,52+,53+,54-,55-,56-,57-,58-,61-,62-,63+,64+,65-/m0/s1. The maximum Gasteiger partial charge on any atom is 0.315 e. The van der Waals surface area contributed by atoms with E-state index in [9.17, 15) is 91.9 Å². The van der Waals surface area contributed by atoms with Crippen LogP contribution in [0.5, 0.6) is 0 Å². The van der Waals surface area contributed by atoms with Gasteiger partial charge in [-0.3, -0.25) is 4.79 Å². The average molecular weight is 1380 g/mol. The largest absolute Gasteiger partial charge is 0.432 e. The summed E-state index contributed by atoms with van der Waals surface area (Å²) in [5.74, 6) is -1.11. The summed E-state index contributed by atoms with van der Waals surface area (Å²) in [6.45, 7) is 13.1. The molecular formula is C65H106O31. The molecule has 6 aliphatic heterocycles. The number of carbonyl (C=O) groups is 1. The van der Waals surface area contributed by atoms with E-state index in [0.29, 0.717) is 64.2 Å². The van der Waals surface area contributed by atoms with Crippen LogP contribution in [0.2, 0.25) is 0 Å². The van der Waals surface area contributed by atoms with Gasteiger partial charge >= 0.3 is 5.97 Å². The van der Waals surface area contributed by atoms with Crippen molar-refractivity contribution in [3.8, 4) is 0 Å². The van der Waals surface area contributed by atoms with E-state index in [1.54, 1.807) is 0 Å². The van der Waals surface area contributed by atoms with Crippen LogP contribution in [0.3, 0.4) is 0 Å². The lowest BCUT2D eigenvalue weighted by molar-refractivity contribution is -0.381. The van der Waals surface area contributed by atoms with Crippen molar-refractivity contribution in [2.24, 2.45) is 50.2 Å². The first kappa shape index (κ1) is 75.2. The Bertz CT molecular complexity index is 2690. The molecule has 6 heterocycles.